The lowest BCUT2D eigenvalue weighted by Crippen LogP contribution is -2.38. The second-order valence-electron chi connectivity index (χ2n) is 5.49. The number of rotatable bonds is 8. The van der Waals surface area contributed by atoms with Crippen molar-refractivity contribution in [3.05, 3.63) is 36.2 Å². The highest BCUT2D eigenvalue weighted by molar-refractivity contribution is 14.0. The van der Waals surface area contributed by atoms with Gasteiger partial charge in [-0.2, -0.15) is 5.10 Å². The predicted octanol–water partition coefficient (Wildman–Crippen LogP) is 1.96. The maximum atomic E-state index is 4.61. The molecular formula is C16H28IN7. The Kier molecular flexibility index (Phi) is 9.43. The first kappa shape index (κ1) is 20.5. The Morgan fingerprint density at radius 1 is 1.25 bits per heavy atom. The highest BCUT2D eigenvalue weighted by Gasteiger charge is 2.01. The lowest BCUT2D eigenvalue weighted by Gasteiger charge is -2.11. The lowest BCUT2D eigenvalue weighted by molar-refractivity contribution is 0.566. The molecule has 0 atom stereocenters. The zero-order valence-electron chi connectivity index (χ0n) is 14.7. The largest absolute Gasteiger partial charge is 0.357 e. The van der Waals surface area contributed by atoms with Gasteiger partial charge in [-0.25, -0.2) is 4.98 Å². The maximum absolute atomic E-state index is 4.61. The molecular weight excluding hydrogens is 417 g/mol. The molecule has 0 aromatic carbocycles. The van der Waals surface area contributed by atoms with E-state index in [9.17, 15) is 0 Å². The zero-order valence-corrected chi connectivity index (χ0v) is 17.0. The molecule has 0 saturated heterocycles. The standard InChI is InChI=1S/C16H27N7.HI/c1-4-18-16(20-8-11-22-10-7-17-13-22)19-6-5-9-23-15(3)12-14(2)21-23;/h7,10,12-13H,4-6,8-9,11H2,1-3H3,(H2,18,19,20);1H. The molecule has 7 nitrogen and oxygen atoms in total. The Morgan fingerprint density at radius 3 is 2.71 bits per heavy atom. The molecule has 0 aliphatic rings. The lowest BCUT2D eigenvalue weighted by atomic mass is 10.4. The van der Waals surface area contributed by atoms with Crippen molar-refractivity contribution < 1.29 is 0 Å². The smallest absolute Gasteiger partial charge is 0.191 e. The summed E-state index contributed by atoms with van der Waals surface area (Å²) in [6, 6.07) is 2.10. The van der Waals surface area contributed by atoms with E-state index in [0.29, 0.717) is 0 Å². The molecule has 0 amide bonds. The first-order valence-corrected chi connectivity index (χ1v) is 8.18. The molecule has 0 aliphatic carbocycles. The van der Waals surface area contributed by atoms with Gasteiger partial charge in [-0.3, -0.25) is 9.67 Å². The Bertz CT molecular complexity index is 604. The van der Waals surface area contributed by atoms with Crippen LogP contribution in [0.4, 0.5) is 0 Å². The van der Waals surface area contributed by atoms with Crippen LogP contribution in [0.1, 0.15) is 24.7 Å². The highest BCUT2D eigenvalue weighted by atomic mass is 127. The van der Waals surface area contributed by atoms with Gasteiger partial charge in [0.15, 0.2) is 5.96 Å². The molecule has 24 heavy (non-hydrogen) atoms. The zero-order chi connectivity index (χ0) is 16.5. The van der Waals surface area contributed by atoms with Crippen LogP contribution in [-0.2, 0) is 13.1 Å². The van der Waals surface area contributed by atoms with Crippen LogP contribution in [0, 0.1) is 13.8 Å². The minimum atomic E-state index is 0. The third-order valence-electron chi connectivity index (χ3n) is 3.47. The monoisotopic (exact) mass is 445 g/mol. The molecule has 134 valence electrons. The fraction of sp³-hybridized carbons (Fsp3) is 0.562. The summed E-state index contributed by atoms with van der Waals surface area (Å²) in [5, 5.41) is 11.1. The predicted molar refractivity (Wildman–Crippen MR) is 108 cm³/mol. The van der Waals surface area contributed by atoms with E-state index in [1.165, 1.54) is 5.69 Å². The molecule has 0 bridgehead atoms. The number of nitrogens with one attached hydrogen (secondary N) is 2. The van der Waals surface area contributed by atoms with Gasteiger partial charge in [0.05, 0.1) is 12.0 Å². The van der Waals surface area contributed by atoms with Gasteiger partial charge in [0.2, 0.25) is 0 Å². The van der Waals surface area contributed by atoms with E-state index in [0.717, 1.165) is 50.8 Å². The van der Waals surface area contributed by atoms with Gasteiger partial charge < -0.3 is 15.2 Å². The normalized spacial score (nSPS) is 11.2. The fourth-order valence-corrected chi connectivity index (χ4v) is 2.38. The van der Waals surface area contributed by atoms with Gasteiger partial charge in [-0.15, -0.1) is 24.0 Å². The van der Waals surface area contributed by atoms with Crippen LogP contribution in [0.25, 0.3) is 0 Å². The maximum Gasteiger partial charge on any atom is 0.191 e. The average Bonchev–Trinajstić information content (AvgIpc) is 3.13. The van der Waals surface area contributed by atoms with E-state index < -0.39 is 0 Å². The van der Waals surface area contributed by atoms with Crippen molar-refractivity contribution in [2.24, 2.45) is 4.99 Å². The summed E-state index contributed by atoms with van der Waals surface area (Å²) in [4.78, 5) is 8.65. The van der Waals surface area contributed by atoms with Gasteiger partial charge in [0, 0.05) is 50.8 Å². The third-order valence-corrected chi connectivity index (χ3v) is 3.47. The molecule has 8 heteroatoms. The average molecular weight is 445 g/mol. The Balaban J connectivity index is 0.00000288. The first-order valence-electron chi connectivity index (χ1n) is 8.18. The van der Waals surface area contributed by atoms with Gasteiger partial charge in [-0.1, -0.05) is 0 Å². The van der Waals surface area contributed by atoms with E-state index in [1.54, 1.807) is 6.20 Å². The van der Waals surface area contributed by atoms with Crippen LogP contribution in [0.3, 0.4) is 0 Å². The molecule has 2 aromatic rings. The van der Waals surface area contributed by atoms with Crippen LogP contribution in [0.2, 0.25) is 0 Å². The summed E-state index contributed by atoms with van der Waals surface area (Å²) in [6.07, 6.45) is 6.54. The second kappa shape index (κ2) is 11.1. The number of aryl methyl sites for hydroxylation is 3. The quantitative estimate of drug-likeness (QED) is 0.282. The summed E-state index contributed by atoms with van der Waals surface area (Å²) in [5.41, 5.74) is 2.28. The summed E-state index contributed by atoms with van der Waals surface area (Å²) >= 11 is 0. The van der Waals surface area contributed by atoms with Crippen molar-refractivity contribution in [2.75, 3.05) is 19.6 Å². The number of hydrogen-bond donors (Lipinski definition) is 2. The van der Waals surface area contributed by atoms with Crippen molar-refractivity contribution in [1.29, 1.82) is 0 Å². The highest BCUT2D eigenvalue weighted by Crippen LogP contribution is 2.02. The number of halogens is 1. The molecule has 0 spiro atoms. The van der Waals surface area contributed by atoms with Crippen molar-refractivity contribution in [3.63, 3.8) is 0 Å². The van der Waals surface area contributed by atoms with E-state index >= 15 is 0 Å². The molecule has 0 aliphatic heterocycles. The van der Waals surface area contributed by atoms with E-state index in [1.807, 2.05) is 28.7 Å². The van der Waals surface area contributed by atoms with Crippen molar-refractivity contribution in [3.8, 4) is 0 Å². The molecule has 0 radical (unpaired) electrons. The van der Waals surface area contributed by atoms with Gasteiger partial charge >= 0.3 is 0 Å². The van der Waals surface area contributed by atoms with Gasteiger partial charge in [0.25, 0.3) is 0 Å². The van der Waals surface area contributed by atoms with Crippen LogP contribution >= 0.6 is 24.0 Å². The molecule has 2 rings (SSSR count). The van der Waals surface area contributed by atoms with Crippen LogP contribution in [0.15, 0.2) is 29.8 Å². The number of aromatic nitrogens is 4. The van der Waals surface area contributed by atoms with Crippen molar-refractivity contribution >= 4 is 29.9 Å². The number of nitrogens with zero attached hydrogens (tertiary/aromatic N) is 5. The molecule has 2 heterocycles. The van der Waals surface area contributed by atoms with Crippen LogP contribution < -0.4 is 10.6 Å². The van der Waals surface area contributed by atoms with E-state index in [-0.39, 0.29) is 24.0 Å². The Labute approximate surface area is 161 Å². The third kappa shape index (κ3) is 6.90. The molecule has 0 saturated carbocycles. The van der Waals surface area contributed by atoms with E-state index in [4.69, 9.17) is 0 Å². The molecule has 0 unspecified atom stereocenters. The van der Waals surface area contributed by atoms with Crippen LogP contribution in [-0.4, -0.2) is 44.9 Å². The number of aliphatic imine (C=N–C) groups is 1. The summed E-state index contributed by atoms with van der Waals surface area (Å²) < 4.78 is 4.09. The molecule has 0 fully saturated rings. The summed E-state index contributed by atoms with van der Waals surface area (Å²) in [5.74, 6) is 0.862. The Hall–Kier alpha value is -1.58. The van der Waals surface area contributed by atoms with Crippen molar-refractivity contribution in [2.45, 2.75) is 40.3 Å². The number of guanidine groups is 1. The fourth-order valence-electron chi connectivity index (χ4n) is 2.38. The van der Waals surface area contributed by atoms with Gasteiger partial charge in [-0.05, 0) is 33.3 Å². The number of hydrogen-bond acceptors (Lipinski definition) is 3. The second-order valence-corrected chi connectivity index (χ2v) is 5.49. The van der Waals surface area contributed by atoms with Crippen molar-refractivity contribution in [1.82, 2.24) is 30.0 Å². The molecule has 2 N–H and O–H groups in total. The Morgan fingerprint density at radius 2 is 2.08 bits per heavy atom. The van der Waals surface area contributed by atoms with Gasteiger partial charge in [0.1, 0.15) is 0 Å². The summed E-state index contributed by atoms with van der Waals surface area (Å²) in [7, 11) is 0. The topological polar surface area (TPSA) is 72.1 Å². The molecule has 2 aromatic heterocycles. The summed E-state index contributed by atoms with van der Waals surface area (Å²) in [6.45, 7) is 10.4. The van der Waals surface area contributed by atoms with E-state index in [2.05, 4.69) is 45.6 Å². The SMILES string of the molecule is CCNC(=NCCCn1nc(C)cc1C)NCCn1ccnc1.I. The van der Waals surface area contributed by atoms with Crippen LogP contribution in [0.5, 0.6) is 0 Å². The minimum absolute atomic E-state index is 0. The minimum Gasteiger partial charge on any atom is -0.357 e. The number of imidazole rings is 1. The first-order chi connectivity index (χ1) is 11.2.